The molecule has 0 radical (unpaired) electrons. The minimum Gasteiger partial charge on any atom is -0.344 e. The van der Waals surface area contributed by atoms with Gasteiger partial charge in [-0.15, -0.1) is 0 Å². The summed E-state index contributed by atoms with van der Waals surface area (Å²) in [6, 6.07) is 7.65. The van der Waals surface area contributed by atoms with E-state index in [0.29, 0.717) is 5.69 Å². The van der Waals surface area contributed by atoms with E-state index in [2.05, 4.69) is 21.2 Å². The second kappa shape index (κ2) is 5.61. The number of aromatic nitrogens is 1. The van der Waals surface area contributed by atoms with Gasteiger partial charge in [0.05, 0.1) is 0 Å². The molecule has 0 bridgehead atoms. The monoisotopic (exact) mass is 320 g/mol. The van der Waals surface area contributed by atoms with Crippen LogP contribution in [0.1, 0.15) is 28.5 Å². The first-order valence-electron chi connectivity index (χ1n) is 6.26. The van der Waals surface area contributed by atoms with Gasteiger partial charge >= 0.3 is 0 Å². The number of anilines is 1. The fourth-order valence-corrected chi connectivity index (χ4v) is 2.34. The van der Waals surface area contributed by atoms with Gasteiger partial charge in [-0.25, -0.2) is 0 Å². The molecular weight excluding hydrogens is 304 g/mol. The van der Waals surface area contributed by atoms with Gasteiger partial charge in [0.2, 0.25) is 0 Å². The van der Waals surface area contributed by atoms with Crippen molar-refractivity contribution in [2.45, 2.75) is 27.3 Å². The fraction of sp³-hybridized carbons (Fsp3) is 0.267. The molecule has 0 saturated carbocycles. The number of rotatable bonds is 3. The molecule has 19 heavy (non-hydrogen) atoms. The first-order chi connectivity index (χ1) is 9.02. The minimum atomic E-state index is -0.0760. The lowest BCUT2D eigenvalue weighted by atomic mass is 10.1. The number of nitrogens with zero attached hydrogens (tertiary/aromatic N) is 1. The maximum atomic E-state index is 12.2. The number of aryl methyl sites for hydroxylation is 3. The van der Waals surface area contributed by atoms with Crippen molar-refractivity contribution in [3.05, 3.63) is 51.8 Å². The zero-order chi connectivity index (χ0) is 14.0. The summed E-state index contributed by atoms with van der Waals surface area (Å²) < 4.78 is 3.01. The summed E-state index contributed by atoms with van der Waals surface area (Å²) in [7, 11) is 0. The van der Waals surface area contributed by atoms with Gasteiger partial charge in [-0.2, -0.15) is 0 Å². The van der Waals surface area contributed by atoms with Gasteiger partial charge in [0, 0.05) is 22.9 Å². The maximum Gasteiger partial charge on any atom is 0.272 e. The third kappa shape index (κ3) is 2.89. The van der Waals surface area contributed by atoms with Crippen molar-refractivity contribution >= 4 is 27.5 Å². The van der Waals surface area contributed by atoms with E-state index in [4.69, 9.17) is 0 Å². The van der Waals surface area contributed by atoms with Crippen molar-refractivity contribution in [3.63, 3.8) is 0 Å². The Hall–Kier alpha value is -1.55. The molecule has 0 fully saturated rings. The lowest BCUT2D eigenvalue weighted by molar-refractivity contribution is 0.101. The normalized spacial score (nSPS) is 10.5. The van der Waals surface area contributed by atoms with Crippen LogP contribution >= 0.6 is 15.9 Å². The Morgan fingerprint density at radius 2 is 1.95 bits per heavy atom. The molecule has 0 saturated heterocycles. The van der Waals surface area contributed by atoms with Gasteiger partial charge in [0.25, 0.3) is 5.91 Å². The van der Waals surface area contributed by atoms with E-state index in [-0.39, 0.29) is 5.91 Å². The molecular formula is C15H17BrN2O. The molecule has 4 heteroatoms. The standard InChI is InChI=1S/C15H17BrN2O/c1-4-18-7-5-6-13(18)15(19)17-12-8-10(2)14(16)11(3)9-12/h5-9H,4H2,1-3H3,(H,17,19). The lowest BCUT2D eigenvalue weighted by Gasteiger charge is -2.11. The number of amides is 1. The Morgan fingerprint density at radius 3 is 2.53 bits per heavy atom. The molecule has 2 aromatic rings. The highest BCUT2D eigenvalue weighted by atomic mass is 79.9. The number of nitrogens with one attached hydrogen (secondary N) is 1. The molecule has 0 aliphatic rings. The van der Waals surface area contributed by atoms with E-state index < -0.39 is 0 Å². The molecule has 1 aromatic carbocycles. The van der Waals surface area contributed by atoms with Crippen LogP contribution in [0.3, 0.4) is 0 Å². The smallest absolute Gasteiger partial charge is 0.272 e. The quantitative estimate of drug-likeness (QED) is 0.906. The number of hydrogen-bond donors (Lipinski definition) is 1. The van der Waals surface area contributed by atoms with E-state index >= 15 is 0 Å². The van der Waals surface area contributed by atoms with E-state index in [1.54, 1.807) is 0 Å². The highest BCUT2D eigenvalue weighted by molar-refractivity contribution is 9.10. The van der Waals surface area contributed by atoms with Crippen molar-refractivity contribution < 1.29 is 4.79 Å². The van der Waals surface area contributed by atoms with Gasteiger partial charge in [0.15, 0.2) is 0 Å². The summed E-state index contributed by atoms with van der Waals surface area (Å²) in [5, 5.41) is 2.95. The van der Waals surface area contributed by atoms with Crippen molar-refractivity contribution in [3.8, 4) is 0 Å². The maximum absolute atomic E-state index is 12.2. The Balaban J connectivity index is 2.24. The van der Waals surface area contributed by atoms with Crippen LogP contribution in [0.5, 0.6) is 0 Å². The molecule has 0 aliphatic heterocycles. The molecule has 0 aliphatic carbocycles. The van der Waals surface area contributed by atoms with Crippen LogP contribution in [0.2, 0.25) is 0 Å². The van der Waals surface area contributed by atoms with Crippen LogP contribution in [0.15, 0.2) is 34.9 Å². The van der Waals surface area contributed by atoms with Gasteiger partial charge in [-0.1, -0.05) is 15.9 Å². The highest BCUT2D eigenvalue weighted by Gasteiger charge is 2.11. The fourth-order valence-electron chi connectivity index (χ4n) is 2.11. The molecule has 0 spiro atoms. The summed E-state index contributed by atoms with van der Waals surface area (Å²) >= 11 is 3.52. The zero-order valence-corrected chi connectivity index (χ0v) is 12.9. The Kier molecular flexibility index (Phi) is 4.10. The summed E-state index contributed by atoms with van der Waals surface area (Å²) in [5.74, 6) is -0.0760. The van der Waals surface area contributed by atoms with Crippen LogP contribution in [0.25, 0.3) is 0 Å². The predicted octanol–water partition coefficient (Wildman–Crippen LogP) is 4.14. The van der Waals surface area contributed by atoms with E-state index in [9.17, 15) is 4.79 Å². The molecule has 3 nitrogen and oxygen atoms in total. The first-order valence-corrected chi connectivity index (χ1v) is 7.05. The van der Waals surface area contributed by atoms with E-state index in [1.165, 1.54) is 0 Å². The average molecular weight is 321 g/mol. The minimum absolute atomic E-state index is 0.0760. The van der Waals surface area contributed by atoms with Crippen LogP contribution in [-0.2, 0) is 6.54 Å². The summed E-state index contributed by atoms with van der Waals surface area (Å²) in [4.78, 5) is 12.2. The Morgan fingerprint density at radius 1 is 1.32 bits per heavy atom. The van der Waals surface area contributed by atoms with Crippen LogP contribution in [0.4, 0.5) is 5.69 Å². The summed E-state index contributed by atoms with van der Waals surface area (Å²) in [6.45, 7) is 6.84. The lowest BCUT2D eigenvalue weighted by Crippen LogP contribution is -2.16. The van der Waals surface area contributed by atoms with Crippen molar-refractivity contribution in [2.24, 2.45) is 0 Å². The zero-order valence-electron chi connectivity index (χ0n) is 11.3. The van der Waals surface area contributed by atoms with Crippen LogP contribution < -0.4 is 5.32 Å². The number of halogens is 1. The molecule has 100 valence electrons. The van der Waals surface area contributed by atoms with Gasteiger partial charge in [-0.3, -0.25) is 4.79 Å². The molecule has 1 heterocycles. The average Bonchev–Trinajstić information content (AvgIpc) is 2.84. The van der Waals surface area contributed by atoms with Crippen LogP contribution in [-0.4, -0.2) is 10.5 Å². The summed E-state index contributed by atoms with van der Waals surface area (Å²) in [6.07, 6.45) is 1.91. The first kappa shape index (κ1) is 13.9. The van der Waals surface area contributed by atoms with E-state index in [1.807, 2.05) is 55.8 Å². The topological polar surface area (TPSA) is 34.0 Å². The van der Waals surface area contributed by atoms with Gasteiger partial charge in [-0.05, 0) is 56.2 Å². The van der Waals surface area contributed by atoms with Crippen molar-refractivity contribution in [1.82, 2.24) is 4.57 Å². The number of carbonyl (C=O) groups is 1. The molecule has 0 unspecified atom stereocenters. The number of benzene rings is 1. The molecule has 1 aromatic heterocycles. The molecule has 1 amide bonds. The predicted molar refractivity (Wildman–Crippen MR) is 81.7 cm³/mol. The number of carbonyl (C=O) groups excluding carboxylic acids is 1. The third-order valence-corrected chi connectivity index (χ3v) is 4.35. The third-order valence-electron chi connectivity index (χ3n) is 3.10. The van der Waals surface area contributed by atoms with Gasteiger partial charge < -0.3 is 9.88 Å². The second-order valence-electron chi connectivity index (χ2n) is 4.56. The SMILES string of the molecule is CCn1cccc1C(=O)Nc1cc(C)c(Br)c(C)c1. The number of hydrogen-bond acceptors (Lipinski definition) is 1. The Bertz CT molecular complexity index is 593. The van der Waals surface area contributed by atoms with E-state index in [0.717, 1.165) is 27.8 Å². The molecule has 1 N–H and O–H groups in total. The Labute approximate surface area is 121 Å². The molecule has 2 rings (SSSR count). The van der Waals surface area contributed by atoms with Crippen molar-refractivity contribution in [2.75, 3.05) is 5.32 Å². The highest BCUT2D eigenvalue weighted by Crippen LogP contribution is 2.25. The van der Waals surface area contributed by atoms with Crippen molar-refractivity contribution in [1.29, 1.82) is 0 Å². The largest absolute Gasteiger partial charge is 0.344 e. The molecule has 0 atom stereocenters. The van der Waals surface area contributed by atoms with Crippen LogP contribution in [0, 0.1) is 13.8 Å². The summed E-state index contributed by atoms with van der Waals surface area (Å²) in [5.41, 5.74) is 3.73. The second-order valence-corrected chi connectivity index (χ2v) is 5.35. The van der Waals surface area contributed by atoms with Gasteiger partial charge in [0.1, 0.15) is 5.69 Å².